The molecule has 0 aliphatic rings. The maximum Gasteiger partial charge on any atom is 0.339 e. The third kappa shape index (κ3) is 4.44. The number of benzene rings is 2. The molecule has 2 N–H and O–H groups in total. The van der Waals surface area contributed by atoms with Crippen LogP contribution in [0.25, 0.3) is 5.69 Å². The number of carbonyl (C=O) groups is 1. The molecule has 0 saturated carbocycles. The summed E-state index contributed by atoms with van der Waals surface area (Å²) in [6.07, 6.45) is 1.67. The zero-order chi connectivity index (χ0) is 19.4. The average molecular weight is 360 g/mol. The monoisotopic (exact) mass is 360 g/mol. The molecule has 0 spiro atoms. The molecule has 0 saturated heterocycles. The van der Waals surface area contributed by atoms with Crippen molar-refractivity contribution in [1.82, 2.24) is 9.99 Å². The van der Waals surface area contributed by atoms with Gasteiger partial charge in [0, 0.05) is 28.3 Å². The summed E-state index contributed by atoms with van der Waals surface area (Å²) in [5.41, 5.74) is 9.98. The van der Waals surface area contributed by atoms with Crippen LogP contribution in [0.4, 0.5) is 10.5 Å². The highest BCUT2D eigenvalue weighted by Gasteiger charge is 2.10. The van der Waals surface area contributed by atoms with Crippen molar-refractivity contribution in [3.63, 3.8) is 0 Å². The highest BCUT2D eigenvalue weighted by atomic mass is 16.2. The summed E-state index contributed by atoms with van der Waals surface area (Å²) in [5, 5.41) is 6.81. The molecule has 2 aromatic carbocycles. The molecule has 0 radical (unpaired) electrons. The summed E-state index contributed by atoms with van der Waals surface area (Å²) < 4.78 is 2.20. The Labute approximate surface area is 159 Å². The SMILES string of the molecule is Cc1cc(C)cc(-n2c(C)cc(/C=N\NC(=O)Nc3ccccc3)c2C)c1. The van der Waals surface area contributed by atoms with Crippen LogP contribution in [0.15, 0.2) is 59.7 Å². The van der Waals surface area contributed by atoms with Crippen molar-refractivity contribution in [2.45, 2.75) is 27.7 Å². The van der Waals surface area contributed by atoms with Gasteiger partial charge in [-0.2, -0.15) is 5.10 Å². The number of urea groups is 1. The van der Waals surface area contributed by atoms with E-state index in [9.17, 15) is 4.79 Å². The molecule has 3 rings (SSSR count). The molecule has 0 unspecified atom stereocenters. The van der Waals surface area contributed by atoms with Crippen molar-refractivity contribution >= 4 is 17.9 Å². The van der Waals surface area contributed by atoms with Gasteiger partial charge in [0.25, 0.3) is 0 Å². The zero-order valence-corrected chi connectivity index (χ0v) is 16.1. The second-order valence-electron chi connectivity index (χ2n) is 6.70. The standard InChI is InChI=1S/C22H24N4O/c1-15-10-16(2)12-21(11-15)26-17(3)13-19(18(26)4)14-23-25-22(27)24-20-8-6-5-7-9-20/h5-14H,1-4H3,(H2,24,25,27)/b23-14-. The summed E-state index contributed by atoms with van der Waals surface area (Å²) in [6.45, 7) is 8.32. The van der Waals surface area contributed by atoms with Gasteiger partial charge in [0.05, 0.1) is 6.21 Å². The molecule has 27 heavy (non-hydrogen) atoms. The summed E-state index contributed by atoms with van der Waals surface area (Å²) in [4.78, 5) is 11.9. The minimum Gasteiger partial charge on any atom is -0.318 e. The topological polar surface area (TPSA) is 58.4 Å². The van der Waals surface area contributed by atoms with Gasteiger partial charge in [-0.3, -0.25) is 0 Å². The fourth-order valence-electron chi connectivity index (χ4n) is 3.24. The summed E-state index contributed by atoms with van der Waals surface area (Å²) >= 11 is 0. The lowest BCUT2D eigenvalue weighted by molar-refractivity contribution is 0.252. The van der Waals surface area contributed by atoms with Crippen molar-refractivity contribution in [3.05, 3.63) is 82.7 Å². The largest absolute Gasteiger partial charge is 0.339 e. The van der Waals surface area contributed by atoms with E-state index in [1.807, 2.05) is 30.3 Å². The first-order valence-electron chi connectivity index (χ1n) is 8.87. The number of para-hydroxylation sites is 1. The first-order chi connectivity index (χ1) is 12.9. The Hall–Kier alpha value is -3.34. The molecule has 2 amide bonds. The normalized spacial score (nSPS) is 11.0. The first-order valence-corrected chi connectivity index (χ1v) is 8.87. The van der Waals surface area contributed by atoms with Crippen LogP contribution in [0.5, 0.6) is 0 Å². The molecule has 138 valence electrons. The van der Waals surface area contributed by atoms with E-state index in [-0.39, 0.29) is 6.03 Å². The van der Waals surface area contributed by atoms with Crippen LogP contribution in [0.2, 0.25) is 0 Å². The Morgan fingerprint density at radius 3 is 2.30 bits per heavy atom. The summed E-state index contributed by atoms with van der Waals surface area (Å²) in [5.74, 6) is 0. The van der Waals surface area contributed by atoms with E-state index < -0.39 is 0 Å². The van der Waals surface area contributed by atoms with Gasteiger partial charge in [-0.15, -0.1) is 0 Å². The molecule has 0 aliphatic heterocycles. The van der Waals surface area contributed by atoms with Crippen molar-refractivity contribution in [3.8, 4) is 5.69 Å². The number of aromatic nitrogens is 1. The molecule has 5 nitrogen and oxygen atoms in total. The number of hydrogen-bond acceptors (Lipinski definition) is 2. The number of carbonyl (C=O) groups excluding carboxylic acids is 1. The number of aryl methyl sites for hydroxylation is 3. The van der Waals surface area contributed by atoms with E-state index in [0.717, 1.165) is 28.3 Å². The van der Waals surface area contributed by atoms with Crippen LogP contribution >= 0.6 is 0 Å². The maximum absolute atomic E-state index is 11.9. The van der Waals surface area contributed by atoms with Crippen molar-refractivity contribution in [2.75, 3.05) is 5.32 Å². The van der Waals surface area contributed by atoms with Crippen LogP contribution in [-0.4, -0.2) is 16.8 Å². The van der Waals surface area contributed by atoms with Gasteiger partial charge in [0.2, 0.25) is 0 Å². The Morgan fingerprint density at radius 2 is 1.63 bits per heavy atom. The minimum absolute atomic E-state index is 0.374. The van der Waals surface area contributed by atoms with Crippen LogP contribution < -0.4 is 10.7 Å². The number of anilines is 1. The molecular weight excluding hydrogens is 336 g/mol. The fourth-order valence-corrected chi connectivity index (χ4v) is 3.24. The molecular formula is C22H24N4O. The second kappa shape index (κ2) is 7.91. The van der Waals surface area contributed by atoms with Gasteiger partial charge >= 0.3 is 6.03 Å². The predicted octanol–water partition coefficient (Wildman–Crippen LogP) is 4.87. The highest BCUT2D eigenvalue weighted by molar-refractivity contribution is 5.90. The Bertz CT molecular complexity index is 967. The van der Waals surface area contributed by atoms with Gasteiger partial charge in [-0.25, -0.2) is 10.2 Å². The Balaban J connectivity index is 1.74. The Kier molecular flexibility index (Phi) is 5.41. The molecule has 0 aliphatic carbocycles. The van der Waals surface area contributed by atoms with Gasteiger partial charge in [-0.05, 0) is 69.2 Å². The summed E-state index contributed by atoms with van der Waals surface area (Å²) in [6, 6.07) is 17.4. The van der Waals surface area contributed by atoms with Gasteiger partial charge in [0.1, 0.15) is 0 Å². The molecule has 0 bridgehead atoms. The van der Waals surface area contributed by atoms with E-state index in [1.165, 1.54) is 11.1 Å². The van der Waals surface area contributed by atoms with Gasteiger partial charge in [0.15, 0.2) is 0 Å². The van der Waals surface area contributed by atoms with E-state index in [4.69, 9.17) is 0 Å². The van der Waals surface area contributed by atoms with E-state index >= 15 is 0 Å². The van der Waals surface area contributed by atoms with Crippen LogP contribution in [0, 0.1) is 27.7 Å². The van der Waals surface area contributed by atoms with E-state index in [1.54, 1.807) is 6.21 Å². The number of amides is 2. The quantitative estimate of drug-likeness (QED) is 0.506. The molecule has 3 aromatic rings. The third-order valence-corrected chi connectivity index (χ3v) is 4.34. The van der Waals surface area contributed by atoms with E-state index in [2.05, 4.69) is 72.4 Å². The Morgan fingerprint density at radius 1 is 0.963 bits per heavy atom. The number of nitrogens with zero attached hydrogens (tertiary/aromatic N) is 2. The zero-order valence-electron chi connectivity index (χ0n) is 16.1. The number of hydrogen-bond donors (Lipinski definition) is 2. The molecule has 1 heterocycles. The average Bonchev–Trinajstić information content (AvgIpc) is 2.88. The molecule has 5 heteroatoms. The fraction of sp³-hybridized carbons (Fsp3) is 0.182. The maximum atomic E-state index is 11.9. The number of hydrazone groups is 1. The molecule has 0 atom stereocenters. The second-order valence-corrected chi connectivity index (χ2v) is 6.70. The van der Waals surface area contributed by atoms with Crippen molar-refractivity contribution < 1.29 is 4.79 Å². The highest BCUT2D eigenvalue weighted by Crippen LogP contribution is 2.21. The van der Waals surface area contributed by atoms with Gasteiger partial charge < -0.3 is 9.88 Å². The number of rotatable bonds is 4. The van der Waals surface area contributed by atoms with Crippen molar-refractivity contribution in [1.29, 1.82) is 0 Å². The first kappa shape index (κ1) is 18.5. The lowest BCUT2D eigenvalue weighted by Gasteiger charge is -2.11. The van der Waals surface area contributed by atoms with Gasteiger partial charge in [-0.1, -0.05) is 24.3 Å². The molecule has 0 fully saturated rings. The van der Waals surface area contributed by atoms with E-state index in [0.29, 0.717) is 0 Å². The van der Waals surface area contributed by atoms with Crippen LogP contribution in [0.3, 0.4) is 0 Å². The molecule has 1 aromatic heterocycles. The third-order valence-electron chi connectivity index (χ3n) is 4.34. The predicted molar refractivity (Wildman–Crippen MR) is 111 cm³/mol. The number of nitrogens with one attached hydrogen (secondary N) is 2. The lowest BCUT2D eigenvalue weighted by Crippen LogP contribution is -2.24. The lowest BCUT2D eigenvalue weighted by atomic mass is 10.1. The van der Waals surface area contributed by atoms with Crippen molar-refractivity contribution in [2.24, 2.45) is 5.10 Å². The summed E-state index contributed by atoms with van der Waals surface area (Å²) in [7, 11) is 0. The van der Waals surface area contributed by atoms with Crippen LogP contribution in [0.1, 0.15) is 28.1 Å². The van der Waals surface area contributed by atoms with Crippen LogP contribution in [-0.2, 0) is 0 Å². The minimum atomic E-state index is -0.374. The smallest absolute Gasteiger partial charge is 0.318 e.